The van der Waals surface area contributed by atoms with E-state index in [4.69, 9.17) is 0 Å². The van der Waals surface area contributed by atoms with Crippen LogP contribution in [0.2, 0.25) is 0 Å². The molecule has 0 aliphatic heterocycles. The lowest BCUT2D eigenvalue weighted by atomic mass is 10.2. The molecule has 0 saturated carbocycles. The van der Waals surface area contributed by atoms with E-state index in [9.17, 15) is 24.6 Å². The van der Waals surface area contributed by atoms with Gasteiger partial charge in [0.2, 0.25) is 5.91 Å². The third-order valence-electron chi connectivity index (χ3n) is 1.84. The zero-order valence-corrected chi connectivity index (χ0v) is 9.17. The molecule has 0 radical (unpaired) electrons. The summed E-state index contributed by atoms with van der Waals surface area (Å²) in [5.74, 6) is -3.40. The molecule has 0 saturated heterocycles. The predicted octanol–water partition coefficient (Wildman–Crippen LogP) is -2.24. The molecule has 0 aromatic heterocycles. The average molecular weight is 251 g/mol. The summed E-state index contributed by atoms with van der Waals surface area (Å²) in [5.41, 5.74) is 0.169. The van der Waals surface area contributed by atoms with Crippen molar-refractivity contribution in [2.45, 2.75) is 0 Å². The summed E-state index contributed by atoms with van der Waals surface area (Å²) in [5, 5.41) is 22.9. The maximum Gasteiger partial charge on any atom is 0.250 e. The number of anilines is 1. The molecule has 1 aromatic carbocycles. The fourth-order valence-electron chi connectivity index (χ4n) is 1.15. The number of carbonyl (C=O) groups is 3. The minimum absolute atomic E-state index is 0.0801. The maximum absolute atomic E-state index is 11.3. The maximum atomic E-state index is 11.3. The number of rotatable bonds is 6. The summed E-state index contributed by atoms with van der Waals surface area (Å²) in [6, 6.07) is 5.44. The summed E-state index contributed by atoms with van der Waals surface area (Å²) in [6.07, 6.45) is 0. The Kier molecular flexibility index (Phi) is 4.82. The van der Waals surface area contributed by atoms with Gasteiger partial charge in [0, 0.05) is 5.69 Å². The number of benzene rings is 1. The number of nitrogens with one attached hydrogen (secondary N) is 1. The molecular weight excluding hydrogens is 242 g/mol. The highest BCUT2D eigenvalue weighted by atomic mass is 16.5. The van der Waals surface area contributed by atoms with E-state index >= 15 is 0 Å². The van der Waals surface area contributed by atoms with Crippen LogP contribution in [0.1, 0.15) is 10.4 Å². The molecule has 0 spiro atoms. The van der Waals surface area contributed by atoms with Crippen LogP contribution in [0.25, 0.3) is 0 Å². The van der Waals surface area contributed by atoms with Gasteiger partial charge < -0.3 is 29.9 Å². The van der Waals surface area contributed by atoms with Crippen LogP contribution in [0.5, 0.6) is 0 Å². The number of carboxylic acid groups (broad SMARTS) is 2. The van der Waals surface area contributed by atoms with Gasteiger partial charge in [-0.25, -0.2) is 0 Å². The number of amides is 1. The number of carboxylic acids is 2. The second-order valence-electron chi connectivity index (χ2n) is 3.28. The van der Waals surface area contributed by atoms with Crippen molar-refractivity contribution in [3.05, 3.63) is 29.8 Å². The smallest absolute Gasteiger partial charge is 0.250 e. The lowest BCUT2D eigenvalue weighted by molar-refractivity contribution is -0.309. The quantitative estimate of drug-likeness (QED) is 0.610. The predicted molar refractivity (Wildman–Crippen MR) is 55.2 cm³/mol. The van der Waals surface area contributed by atoms with Gasteiger partial charge in [-0.2, -0.15) is 0 Å². The molecule has 0 atom stereocenters. The van der Waals surface area contributed by atoms with Gasteiger partial charge in [-0.1, -0.05) is 12.1 Å². The number of aliphatic carboxylic acids is 1. The topological polar surface area (TPSA) is 119 Å². The molecule has 0 aliphatic rings. The first-order valence-corrected chi connectivity index (χ1v) is 4.88. The average Bonchev–Trinajstić information content (AvgIpc) is 2.28. The van der Waals surface area contributed by atoms with Crippen molar-refractivity contribution < 1.29 is 29.3 Å². The molecule has 0 heterocycles. The van der Waals surface area contributed by atoms with Crippen LogP contribution in [0, 0.1) is 0 Å². The number of carbonyl (C=O) groups excluding carboxylic acids is 3. The van der Waals surface area contributed by atoms with E-state index in [0.717, 1.165) is 0 Å². The van der Waals surface area contributed by atoms with Crippen molar-refractivity contribution >= 4 is 23.5 Å². The fraction of sp³-hybridized carbons (Fsp3) is 0.182. The summed E-state index contributed by atoms with van der Waals surface area (Å²) in [4.78, 5) is 31.8. The van der Waals surface area contributed by atoms with E-state index in [2.05, 4.69) is 10.1 Å². The molecule has 1 N–H and O–H groups in total. The molecule has 96 valence electrons. The van der Waals surface area contributed by atoms with Crippen LogP contribution >= 0.6 is 0 Å². The zero-order chi connectivity index (χ0) is 13.5. The van der Waals surface area contributed by atoms with Crippen molar-refractivity contribution in [3.63, 3.8) is 0 Å². The Balaban J connectivity index is 2.51. The zero-order valence-electron chi connectivity index (χ0n) is 9.17. The highest BCUT2D eigenvalue weighted by Crippen LogP contribution is 2.09. The van der Waals surface area contributed by atoms with Crippen LogP contribution in [0.4, 0.5) is 5.69 Å². The third-order valence-corrected chi connectivity index (χ3v) is 1.84. The van der Waals surface area contributed by atoms with Crippen molar-refractivity contribution in [2.24, 2.45) is 0 Å². The Morgan fingerprint density at radius 2 is 1.89 bits per heavy atom. The molecule has 1 rings (SSSR count). The molecule has 0 aliphatic carbocycles. The van der Waals surface area contributed by atoms with Crippen LogP contribution in [0.15, 0.2) is 24.3 Å². The normalized spacial score (nSPS) is 9.78. The Hall–Kier alpha value is -2.41. The van der Waals surface area contributed by atoms with Gasteiger partial charge >= 0.3 is 0 Å². The van der Waals surface area contributed by atoms with Gasteiger partial charge in [0.15, 0.2) is 0 Å². The first kappa shape index (κ1) is 13.7. The van der Waals surface area contributed by atoms with E-state index < -0.39 is 31.1 Å². The molecule has 18 heavy (non-hydrogen) atoms. The lowest BCUT2D eigenvalue weighted by Crippen LogP contribution is -2.29. The minimum Gasteiger partial charge on any atom is -0.548 e. The number of hydrogen-bond donors (Lipinski definition) is 1. The van der Waals surface area contributed by atoms with Gasteiger partial charge in [-0.15, -0.1) is 0 Å². The van der Waals surface area contributed by atoms with Crippen molar-refractivity contribution in [3.8, 4) is 0 Å². The van der Waals surface area contributed by atoms with Gasteiger partial charge in [-0.05, 0) is 17.7 Å². The molecule has 1 aromatic rings. The van der Waals surface area contributed by atoms with Crippen molar-refractivity contribution in [2.75, 3.05) is 18.5 Å². The molecular formula is C11H9NO6-2. The highest BCUT2D eigenvalue weighted by molar-refractivity contribution is 5.94. The minimum atomic E-state index is -1.43. The van der Waals surface area contributed by atoms with E-state index in [0.29, 0.717) is 0 Å². The van der Waals surface area contributed by atoms with Gasteiger partial charge in [0.25, 0.3) is 0 Å². The number of aromatic carboxylic acids is 1. The van der Waals surface area contributed by atoms with Crippen LogP contribution < -0.4 is 15.5 Å². The Bertz CT molecular complexity index is 470. The SMILES string of the molecule is O=C([O-])COCC(=O)Nc1cccc(C(=O)[O-])c1. The second-order valence-corrected chi connectivity index (χ2v) is 3.28. The first-order chi connectivity index (χ1) is 8.49. The Labute approximate surface area is 102 Å². The summed E-state index contributed by atoms with van der Waals surface area (Å²) in [6.45, 7) is -1.16. The Morgan fingerprint density at radius 3 is 2.50 bits per heavy atom. The number of ether oxygens (including phenoxy) is 1. The molecule has 0 unspecified atom stereocenters. The second kappa shape index (κ2) is 6.36. The van der Waals surface area contributed by atoms with Gasteiger partial charge in [-0.3, -0.25) is 4.79 Å². The van der Waals surface area contributed by atoms with Crippen LogP contribution in [0.3, 0.4) is 0 Å². The largest absolute Gasteiger partial charge is 0.548 e. The fourth-order valence-corrected chi connectivity index (χ4v) is 1.15. The summed E-state index contributed by atoms with van der Waals surface area (Å²) >= 11 is 0. The highest BCUT2D eigenvalue weighted by Gasteiger charge is 2.03. The van der Waals surface area contributed by atoms with Gasteiger partial charge in [0.1, 0.15) is 6.61 Å². The van der Waals surface area contributed by atoms with Crippen molar-refractivity contribution in [1.29, 1.82) is 0 Å². The van der Waals surface area contributed by atoms with Crippen LogP contribution in [-0.4, -0.2) is 31.1 Å². The monoisotopic (exact) mass is 251 g/mol. The lowest BCUT2D eigenvalue weighted by Gasteiger charge is -2.08. The molecule has 1 amide bonds. The third kappa shape index (κ3) is 4.62. The molecule has 0 fully saturated rings. The van der Waals surface area contributed by atoms with E-state index in [1.807, 2.05) is 0 Å². The first-order valence-electron chi connectivity index (χ1n) is 4.88. The summed E-state index contributed by atoms with van der Waals surface area (Å²) < 4.78 is 4.50. The molecule has 7 nitrogen and oxygen atoms in total. The van der Waals surface area contributed by atoms with E-state index in [1.54, 1.807) is 0 Å². The van der Waals surface area contributed by atoms with Gasteiger partial charge in [0.05, 0.1) is 18.5 Å². The Morgan fingerprint density at radius 1 is 1.17 bits per heavy atom. The standard InChI is InChI=1S/C11H11NO6/c13-9(5-18-6-10(14)15)12-8-3-1-2-7(4-8)11(16)17/h1-4H,5-6H2,(H,12,13)(H,14,15)(H,16,17)/p-2. The van der Waals surface area contributed by atoms with Crippen LogP contribution in [-0.2, 0) is 14.3 Å². The molecule has 7 heteroatoms. The number of hydrogen-bond acceptors (Lipinski definition) is 6. The van der Waals surface area contributed by atoms with E-state index in [1.165, 1.54) is 24.3 Å². The van der Waals surface area contributed by atoms with Crippen molar-refractivity contribution in [1.82, 2.24) is 0 Å². The summed E-state index contributed by atoms with van der Waals surface area (Å²) in [7, 11) is 0. The molecule has 0 bridgehead atoms. The van der Waals surface area contributed by atoms with E-state index in [-0.39, 0.29) is 11.3 Å².